The monoisotopic (exact) mass is 307 g/mol. The van der Waals surface area contributed by atoms with E-state index < -0.39 is 5.41 Å². The fraction of sp³-hybridized carbons (Fsp3) is 0.625. The van der Waals surface area contributed by atoms with Gasteiger partial charge in [-0.3, -0.25) is 9.59 Å². The normalized spacial score (nSPS) is 15.7. The molecule has 122 valence electrons. The predicted octanol–water partition coefficient (Wildman–Crippen LogP) is 1.18. The highest BCUT2D eigenvalue weighted by Gasteiger charge is 2.21. The van der Waals surface area contributed by atoms with E-state index in [4.69, 9.17) is 4.74 Å². The van der Waals surface area contributed by atoms with Gasteiger partial charge in [-0.25, -0.2) is 0 Å². The number of hydrogen-bond donors (Lipinski definition) is 2. The maximum Gasteiger partial charge on any atom is 0.225 e. The van der Waals surface area contributed by atoms with Crippen LogP contribution < -0.4 is 15.6 Å². The van der Waals surface area contributed by atoms with Crippen molar-refractivity contribution in [1.82, 2.24) is 10.3 Å². The van der Waals surface area contributed by atoms with Gasteiger partial charge >= 0.3 is 0 Å². The number of anilines is 1. The average Bonchev–Trinajstić information content (AvgIpc) is 2.46. The Labute approximate surface area is 130 Å². The summed E-state index contributed by atoms with van der Waals surface area (Å²) in [5, 5.41) is 2.83. The SMILES string of the molecule is Cc1[nH]c(N2CCOCC2)cc(=O)c1CNC(=O)C(C)(C)C. The minimum Gasteiger partial charge on any atom is -0.378 e. The molecule has 0 spiro atoms. The lowest BCUT2D eigenvalue weighted by molar-refractivity contribution is -0.128. The molecule has 2 N–H and O–H groups in total. The Morgan fingerprint density at radius 2 is 2.00 bits per heavy atom. The first-order valence-electron chi connectivity index (χ1n) is 7.63. The number of amides is 1. The van der Waals surface area contributed by atoms with Crippen molar-refractivity contribution in [2.75, 3.05) is 31.2 Å². The maximum atomic E-state index is 12.3. The third-order valence-corrected chi connectivity index (χ3v) is 3.79. The number of nitrogens with one attached hydrogen (secondary N) is 2. The minimum absolute atomic E-state index is 0.0491. The van der Waals surface area contributed by atoms with Crippen molar-refractivity contribution in [3.63, 3.8) is 0 Å². The highest BCUT2D eigenvalue weighted by molar-refractivity contribution is 5.81. The lowest BCUT2D eigenvalue weighted by Crippen LogP contribution is -2.38. The number of pyridine rings is 1. The van der Waals surface area contributed by atoms with Crippen molar-refractivity contribution in [2.24, 2.45) is 5.41 Å². The highest BCUT2D eigenvalue weighted by atomic mass is 16.5. The molecule has 0 radical (unpaired) electrons. The lowest BCUT2D eigenvalue weighted by Gasteiger charge is -2.28. The molecule has 6 heteroatoms. The Morgan fingerprint density at radius 1 is 1.36 bits per heavy atom. The zero-order valence-corrected chi connectivity index (χ0v) is 13.8. The van der Waals surface area contributed by atoms with Crippen LogP contribution in [0.1, 0.15) is 32.0 Å². The number of aromatic nitrogens is 1. The number of nitrogens with zero attached hydrogens (tertiary/aromatic N) is 1. The molecule has 2 rings (SSSR count). The first kappa shape index (κ1) is 16.5. The van der Waals surface area contributed by atoms with Gasteiger partial charge in [-0.15, -0.1) is 0 Å². The molecule has 1 saturated heterocycles. The summed E-state index contributed by atoms with van der Waals surface area (Å²) in [4.78, 5) is 29.6. The van der Waals surface area contributed by atoms with Crippen molar-refractivity contribution in [2.45, 2.75) is 34.2 Å². The summed E-state index contributed by atoms with van der Waals surface area (Å²) >= 11 is 0. The van der Waals surface area contributed by atoms with E-state index in [1.165, 1.54) is 0 Å². The van der Waals surface area contributed by atoms with Gasteiger partial charge in [0, 0.05) is 42.4 Å². The highest BCUT2D eigenvalue weighted by Crippen LogP contribution is 2.15. The summed E-state index contributed by atoms with van der Waals surface area (Å²) in [6, 6.07) is 1.61. The van der Waals surface area contributed by atoms with E-state index in [0.717, 1.165) is 24.6 Å². The molecule has 1 aliphatic heterocycles. The third-order valence-electron chi connectivity index (χ3n) is 3.79. The van der Waals surface area contributed by atoms with Gasteiger partial charge in [-0.05, 0) is 6.92 Å². The Hall–Kier alpha value is -1.82. The summed E-state index contributed by atoms with van der Waals surface area (Å²) in [5.41, 5.74) is 0.888. The zero-order valence-electron chi connectivity index (χ0n) is 13.8. The van der Waals surface area contributed by atoms with Gasteiger partial charge < -0.3 is 19.9 Å². The van der Waals surface area contributed by atoms with Crippen molar-refractivity contribution in [3.8, 4) is 0 Å². The molecule has 2 heterocycles. The summed E-state index contributed by atoms with van der Waals surface area (Å²) in [5.74, 6) is 0.750. The van der Waals surface area contributed by atoms with Crippen molar-refractivity contribution in [1.29, 1.82) is 0 Å². The molecule has 0 atom stereocenters. The standard InChI is InChI=1S/C16H25N3O3/c1-11-12(10-17-15(21)16(2,3)4)13(20)9-14(18-11)19-5-7-22-8-6-19/h9H,5-8,10H2,1-4H3,(H,17,21)(H,18,20). The molecule has 1 aliphatic rings. The van der Waals surface area contributed by atoms with Crippen molar-refractivity contribution < 1.29 is 9.53 Å². The van der Waals surface area contributed by atoms with Gasteiger partial charge in [0.15, 0.2) is 5.43 Å². The van der Waals surface area contributed by atoms with Gasteiger partial charge in [0.25, 0.3) is 0 Å². The Kier molecular flexibility index (Phi) is 4.90. The summed E-state index contributed by atoms with van der Waals surface area (Å²) in [6.45, 7) is 10.5. The fourth-order valence-corrected chi connectivity index (χ4v) is 2.33. The second-order valence-electron chi connectivity index (χ2n) is 6.65. The number of aromatic amines is 1. The van der Waals surface area contributed by atoms with E-state index in [9.17, 15) is 9.59 Å². The summed E-state index contributed by atoms with van der Waals surface area (Å²) in [6.07, 6.45) is 0. The van der Waals surface area contributed by atoms with Crippen molar-refractivity contribution in [3.05, 3.63) is 27.5 Å². The number of carbonyl (C=O) groups is 1. The van der Waals surface area contributed by atoms with E-state index in [2.05, 4.69) is 15.2 Å². The molecule has 0 bridgehead atoms. The molecule has 1 fully saturated rings. The van der Waals surface area contributed by atoms with Crippen LogP contribution in [-0.4, -0.2) is 37.2 Å². The molecular weight excluding hydrogens is 282 g/mol. The molecule has 1 amide bonds. The van der Waals surface area contributed by atoms with E-state index in [1.54, 1.807) is 6.07 Å². The average molecular weight is 307 g/mol. The first-order chi connectivity index (χ1) is 10.3. The predicted molar refractivity (Wildman–Crippen MR) is 86.1 cm³/mol. The number of carbonyl (C=O) groups excluding carboxylic acids is 1. The second kappa shape index (κ2) is 6.52. The number of aryl methyl sites for hydroxylation is 1. The van der Waals surface area contributed by atoms with Gasteiger partial charge in [0.05, 0.1) is 13.2 Å². The van der Waals surface area contributed by atoms with Crippen LogP contribution in [0.25, 0.3) is 0 Å². The topological polar surface area (TPSA) is 74.4 Å². The molecule has 0 aliphatic carbocycles. The molecule has 0 saturated carbocycles. The molecule has 6 nitrogen and oxygen atoms in total. The van der Waals surface area contributed by atoms with Crippen LogP contribution in [0.4, 0.5) is 5.82 Å². The molecule has 22 heavy (non-hydrogen) atoms. The van der Waals surface area contributed by atoms with Crippen LogP contribution in [0.5, 0.6) is 0 Å². The number of ether oxygens (including phenoxy) is 1. The van der Waals surface area contributed by atoms with Crippen LogP contribution in [0.2, 0.25) is 0 Å². The number of H-pyrrole nitrogens is 1. The number of rotatable bonds is 3. The largest absolute Gasteiger partial charge is 0.378 e. The van der Waals surface area contributed by atoms with Gasteiger partial charge in [0.2, 0.25) is 5.91 Å². The van der Waals surface area contributed by atoms with Crippen LogP contribution >= 0.6 is 0 Å². The molecule has 0 unspecified atom stereocenters. The maximum absolute atomic E-state index is 12.3. The second-order valence-corrected chi connectivity index (χ2v) is 6.65. The van der Waals surface area contributed by atoms with Crippen LogP contribution in [-0.2, 0) is 16.1 Å². The smallest absolute Gasteiger partial charge is 0.225 e. The van der Waals surface area contributed by atoms with Gasteiger partial charge in [0.1, 0.15) is 5.82 Å². The molecular formula is C16H25N3O3. The third kappa shape index (κ3) is 3.88. The summed E-state index contributed by atoms with van der Waals surface area (Å²) < 4.78 is 5.32. The molecule has 0 aromatic carbocycles. The number of morpholine rings is 1. The Morgan fingerprint density at radius 3 is 2.55 bits per heavy atom. The van der Waals surface area contributed by atoms with E-state index >= 15 is 0 Å². The van der Waals surface area contributed by atoms with Crippen molar-refractivity contribution >= 4 is 11.7 Å². The van der Waals surface area contributed by atoms with Gasteiger partial charge in [-0.1, -0.05) is 20.8 Å². The van der Waals surface area contributed by atoms with Crippen LogP contribution in [0.15, 0.2) is 10.9 Å². The Bertz CT molecular complexity index is 596. The fourth-order valence-electron chi connectivity index (χ4n) is 2.33. The quantitative estimate of drug-likeness (QED) is 0.879. The Balaban J connectivity index is 2.13. The molecule has 1 aromatic rings. The van der Waals surface area contributed by atoms with E-state index in [-0.39, 0.29) is 17.9 Å². The minimum atomic E-state index is -0.464. The van der Waals surface area contributed by atoms with Gasteiger partial charge in [-0.2, -0.15) is 0 Å². The molecule has 1 aromatic heterocycles. The lowest BCUT2D eigenvalue weighted by atomic mass is 9.95. The van der Waals surface area contributed by atoms with Crippen LogP contribution in [0, 0.1) is 12.3 Å². The van der Waals surface area contributed by atoms with Crippen LogP contribution in [0.3, 0.4) is 0 Å². The van der Waals surface area contributed by atoms with E-state index in [1.807, 2.05) is 27.7 Å². The van der Waals surface area contributed by atoms with E-state index in [0.29, 0.717) is 18.8 Å². The summed E-state index contributed by atoms with van der Waals surface area (Å²) in [7, 11) is 0. The first-order valence-corrected chi connectivity index (χ1v) is 7.63. The zero-order chi connectivity index (χ0) is 16.3. The number of hydrogen-bond acceptors (Lipinski definition) is 4.